The number of hydrogen-bond donors (Lipinski definition) is 2. The number of thiophene rings is 1. The Bertz CT molecular complexity index is 937. The van der Waals surface area contributed by atoms with E-state index >= 15 is 0 Å². The van der Waals surface area contributed by atoms with Crippen molar-refractivity contribution in [3.8, 4) is 16.2 Å². The Morgan fingerprint density at radius 3 is 2.26 bits per heavy atom. The molecule has 0 aliphatic rings. The summed E-state index contributed by atoms with van der Waals surface area (Å²) >= 11 is 1.25. The van der Waals surface area contributed by atoms with Gasteiger partial charge in [-0.15, -0.1) is 11.3 Å². The summed E-state index contributed by atoms with van der Waals surface area (Å²) < 4.78 is 18.3. The molecule has 0 aliphatic heterocycles. The maximum atomic E-state index is 13.0. The Morgan fingerprint density at radius 1 is 0.926 bits per heavy atom. The maximum absolute atomic E-state index is 13.0. The minimum atomic E-state index is -0.429. The molecule has 7 heteroatoms. The maximum Gasteiger partial charge on any atom is 0.279 e. The Hall–Kier alpha value is -3.19. The monoisotopic (exact) mass is 384 g/mol. The van der Waals surface area contributed by atoms with Crippen molar-refractivity contribution in [3.05, 3.63) is 76.9 Å². The van der Waals surface area contributed by atoms with Gasteiger partial charge in [-0.05, 0) is 61.0 Å². The lowest BCUT2D eigenvalue weighted by molar-refractivity contribution is 0.0849. The molecule has 27 heavy (non-hydrogen) atoms. The third-order valence-corrected chi connectivity index (χ3v) is 4.81. The van der Waals surface area contributed by atoms with Gasteiger partial charge in [0.2, 0.25) is 0 Å². The van der Waals surface area contributed by atoms with Crippen LogP contribution in [0.25, 0.3) is 10.4 Å². The third-order valence-electron chi connectivity index (χ3n) is 3.68. The van der Waals surface area contributed by atoms with E-state index in [0.29, 0.717) is 22.8 Å². The smallest absolute Gasteiger partial charge is 0.279 e. The van der Waals surface area contributed by atoms with Crippen LogP contribution >= 0.6 is 11.3 Å². The van der Waals surface area contributed by atoms with E-state index < -0.39 is 11.8 Å². The van der Waals surface area contributed by atoms with Gasteiger partial charge in [-0.25, -0.2) is 4.39 Å². The minimum Gasteiger partial charge on any atom is -0.494 e. The summed E-state index contributed by atoms with van der Waals surface area (Å²) in [4.78, 5) is 25.6. The zero-order valence-electron chi connectivity index (χ0n) is 14.5. The van der Waals surface area contributed by atoms with E-state index in [1.807, 2.05) is 6.92 Å². The Labute approximate surface area is 159 Å². The summed E-state index contributed by atoms with van der Waals surface area (Å²) in [5, 5.41) is 0. The predicted molar refractivity (Wildman–Crippen MR) is 102 cm³/mol. The number of nitrogens with one attached hydrogen (secondary N) is 2. The van der Waals surface area contributed by atoms with Crippen LogP contribution in [0.2, 0.25) is 0 Å². The van der Waals surface area contributed by atoms with Gasteiger partial charge >= 0.3 is 0 Å². The van der Waals surface area contributed by atoms with Gasteiger partial charge in [-0.1, -0.05) is 12.1 Å². The average molecular weight is 384 g/mol. The third kappa shape index (κ3) is 4.71. The molecule has 1 aromatic heterocycles. The van der Waals surface area contributed by atoms with E-state index in [1.165, 1.54) is 23.5 Å². The number of amides is 2. The van der Waals surface area contributed by atoms with Crippen LogP contribution in [-0.2, 0) is 0 Å². The van der Waals surface area contributed by atoms with E-state index in [-0.39, 0.29) is 5.82 Å². The predicted octanol–water partition coefficient (Wildman–Crippen LogP) is 4.03. The zero-order chi connectivity index (χ0) is 19.2. The zero-order valence-corrected chi connectivity index (χ0v) is 15.3. The number of hydrazine groups is 1. The normalized spacial score (nSPS) is 10.3. The van der Waals surface area contributed by atoms with Crippen molar-refractivity contribution in [2.45, 2.75) is 6.92 Å². The summed E-state index contributed by atoms with van der Waals surface area (Å²) in [6.45, 7) is 2.42. The first kappa shape index (κ1) is 18.6. The summed E-state index contributed by atoms with van der Waals surface area (Å²) in [7, 11) is 0. The fourth-order valence-electron chi connectivity index (χ4n) is 2.35. The van der Waals surface area contributed by atoms with Crippen molar-refractivity contribution in [2.75, 3.05) is 6.61 Å². The van der Waals surface area contributed by atoms with Crippen molar-refractivity contribution in [3.63, 3.8) is 0 Å². The van der Waals surface area contributed by atoms with Crippen LogP contribution in [0.15, 0.2) is 60.7 Å². The van der Waals surface area contributed by atoms with E-state index in [0.717, 1.165) is 10.4 Å². The second-order valence-electron chi connectivity index (χ2n) is 5.54. The second kappa shape index (κ2) is 8.46. The average Bonchev–Trinajstić information content (AvgIpc) is 3.17. The van der Waals surface area contributed by atoms with Crippen LogP contribution in [0, 0.1) is 5.82 Å². The lowest BCUT2D eigenvalue weighted by Gasteiger charge is -2.07. The molecule has 0 aliphatic carbocycles. The Kier molecular flexibility index (Phi) is 5.83. The molecule has 0 spiro atoms. The molecule has 3 aromatic rings. The summed E-state index contributed by atoms with van der Waals surface area (Å²) in [6.07, 6.45) is 0. The molecule has 5 nitrogen and oxygen atoms in total. The Morgan fingerprint density at radius 2 is 1.59 bits per heavy atom. The van der Waals surface area contributed by atoms with Crippen LogP contribution in [0.1, 0.15) is 27.0 Å². The molecule has 2 aromatic carbocycles. The lowest BCUT2D eigenvalue weighted by Crippen LogP contribution is -2.41. The van der Waals surface area contributed by atoms with Gasteiger partial charge in [0, 0.05) is 10.4 Å². The number of benzene rings is 2. The second-order valence-corrected chi connectivity index (χ2v) is 6.62. The van der Waals surface area contributed by atoms with E-state index in [1.54, 1.807) is 48.5 Å². The number of ether oxygens (including phenoxy) is 1. The molecule has 0 fully saturated rings. The van der Waals surface area contributed by atoms with Gasteiger partial charge in [0.1, 0.15) is 11.6 Å². The van der Waals surface area contributed by atoms with Gasteiger partial charge in [-0.3, -0.25) is 20.4 Å². The summed E-state index contributed by atoms with van der Waals surface area (Å²) in [5.41, 5.74) is 5.99. The van der Waals surface area contributed by atoms with Crippen LogP contribution in [0.4, 0.5) is 4.39 Å². The molecule has 0 saturated heterocycles. The molecule has 138 valence electrons. The largest absolute Gasteiger partial charge is 0.494 e. The van der Waals surface area contributed by atoms with Gasteiger partial charge in [-0.2, -0.15) is 0 Å². The van der Waals surface area contributed by atoms with Crippen molar-refractivity contribution in [2.24, 2.45) is 0 Å². The first-order chi connectivity index (χ1) is 13.1. The summed E-state index contributed by atoms with van der Waals surface area (Å²) in [6, 6.07) is 16.1. The highest BCUT2D eigenvalue weighted by Gasteiger charge is 2.12. The fraction of sp³-hybridized carbons (Fsp3) is 0.100. The minimum absolute atomic E-state index is 0.315. The first-order valence-corrected chi connectivity index (χ1v) is 9.08. The number of halogens is 1. The molecule has 2 amide bonds. The standard InChI is InChI=1S/C20H17FN2O3S/c1-2-26-16-9-5-14(6-10-16)19(24)22-23-20(25)18-12-11-17(27-18)13-3-7-15(21)8-4-13/h3-12H,2H2,1H3,(H,22,24)(H,23,25). The highest BCUT2D eigenvalue weighted by molar-refractivity contribution is 7.17. The fourth-order valence-corrected chi connectivity index (χ4v) is 3.25. The van der Waals surface area contributed by atoms with E-state index in [2.05, 4.69) is 10.9 Å². The number of hydrogen-bond acceptors (Lipinski definition) is 4. The van der Waals surface area contributed by atoms with Crippen molar-refractivity contribution >= 4 is 23.2 Å². The molecule has 0 unspecified atom stereocenters. The molecule has 3 rings (SSSR count). The van der Waals surface area contributed by atoms with Crippen LogP contribution < -0.4 is 15.6 Å². The SMILES string of the molecule is CCOc1ccc(C(=O)NNC(=O)c2ccc(-c3ccc(F)cc3)s2)cc1. The Balaban J connectivity index is 1.59. The molecule has 2 N–H and O–H groups in total. The van der Waals surface area contributed by atoms with Crippen LogP contribution in [0.5, 0.6) is 5.75 Å². The molecule has 1 heterocycles. The molecule has 0 bridgehead atoms. The van der Waals surface area contributed by atoms with Gasteiger partial charge in [0.05, 0.1) is 11.5 Å². The van der Waals surface area contributed by atoms with Crippen molar-refractivity contribution in [1.29, 1.82) is 0 Å². The number of rotatable bonds is 5. The van der Waals surface area contributed by atoms with Crippen molar-refractivity contribution in [1.82, 2.24) is 10.9 Å². The molecular weight excluding hydrogens is 367 g/mol. The highest BCUT2D eigenvalue weighted by atomic mass is 32.1. The number of carbonyl (C=O) groups excluding carboxylic acids is 2. The quantitative estimate of drug-likeness (QED) is 0.653. The van der Waals surface area contributed by atoms with Gasteiger partial charge in [0.15, 0.2) is 0 Å². The highest BCUT2D eigenvalue weighted by Crippen LogP contribution is 2.28. The van der Waals surface area contributed by atoms with Crippen LogP contribution in [0.3, 0.4) is 0 Å². The molecular formula is C20H17FN2O3S. The van der Waals surface area contributed by atoms with Crippen LogP contribution in [-0.4, -0.2) is 18.4 Å². The number of carbonyl (C=O) groups is 2. The van der Waals surface area contributed by atoms with Crippen molar-refractivity contribution < 1.29 is 18.7 Å². The first-order valence-electron chi connectivity index (χ1n) is 8.26. The summed E-state index contributed by atoms with van der Waals surface area (Å²) in [5.74, 6) is -0.496. The lowest BCUT2D eigenvalue weighted by atomic mass is 10.2. The molecule has 0 radical (unpaired) electrons. The van der Waals surface area contributed by atoms with E-state index in [4.69, 9.17) is 4.74 Å². The molecule has 0 atom stereocenters. The molecule has 0 saturated carbocycles. The van der Waals surface area contributed by atoms with Gasteiger partial charge < -0.3 is 4.74 Å². The van der Waals surface area contributed by atoms with E-state index in [9.17, 15) is 14.0 Å². The topological polar surface area (TPSA) is 67.4 Å². The van der Waals surface area contributed by atoms with Gasteiger partial charge in [0.25, 0.3) is 11.8 Å².